The van der Waals surface area contributed by atoms with Crippen LogP contribution in [-0.2, 0) is 4.79 Å². The first-order chi connectivity index (χ1) is 5.13. The molecule has 0 bridgehead atoms. The molecule has 1 heterocycles. The molecule has 64 valence electrons. The predicted molar refractivity (Wildman–Crippen MR) is 49.7 cm³/mol. The van der Waals surface area contributed by atoms with Crippen LogP contribution in [0.4, 0.5) is 0 Å². The fourth-order valence-corrected chi connectivity index (χ4v) is 3.01. The van der Waals surface area contributed by atoms with Gasteiger partial charge in [0.05, 0.1) is 0 Å². The average Bonchev–Trinajstić information content (AvgIpc) is 2.29. The van der Waals surface area contributed by atoms with Crippen molar-refractivity contribution >= 4 is 16.9 Å². The molecule has 2 heteroatoms. The number of rotatable bonds is 2. The zero-order valence-electron chi connectivity index (χ0n) is 7.52. The monoisotopic (exact) mass is 172 g/mol. The lowest BCUT2D eigenvalue weighted by atomic mass is 9.92. The van der Waals surface area contributed by atoms with Crippen LogP contribution in [0.25, 0.3) is 0 Å². The summed E-state index contributed by atoms with van der Waals surface area (Å²) in [5.74, 6) is 0.292. The summed E-state index contributed by atoms with van der Waals surface area (Å²) >= 11 is 1.58. The van der Waals surface area contributed by atoms with Crippen molar-refractivity contribution in [3.05, 3.63) is 0 Å². The van der Waals surface area contributed by atoms with Crippen LogP contribution in [0.2, 0.25) is 0 Å². The zero-order valence-corrected chi connectivity index (χ0v) is 8.33. The molecule has 1 fully saturated rings. The average molecular weight is 172 g/mol. The summed E-state index contributed by atoms with van der Waals surface area (Å²) in [7, 11) is 0. The molecule has 0 N–H and O–H groups in total. The van der Waals surface area contributed by atoms with E-state index in [0.717, 1.165) is 19.3 Å². The normalized spacial score (nSPS) is 29.4. The van der Waals surface area contributed by atoms with Gasteiger partial charge in [0.15, 0.2) is 5.12 Å². The lowest BCUT2D eigenvalue weighted by Gasteiger charge is -2.23. The molecule has 0 aromatic heterocycles. The summed E-state index contributed by atoms with van der Waals surface area (Å²) in [4.78, 5) is 11.3. The van der Waals surface area contributed by atoms with Gasteiger partial charge in [-0.3, -0.25) is 4.79 Å². The highest BCUT2D eigenvalue weighted by Crippen LogP contribution is 2.46. The Morgan fingerprint density at radius 3 is 2.27 bits per heavy atom. The molecular weight excluding hydrogens is 156 g/mol. The zero-order chi connectivity index (χ0) is 8.48. The largest absolute Gasteiger partial charge is 0.287 e. The van der Waals surface area contributed by atoms with E-state index in [-0.39, 0.29) is 4.75 Å². The molecule has 0 radical (unpaired) electrons. The van der Waals surface area contributed by atoms with Crippen LogP contribution in [0.15, 0.2) is 0 Å². The number of carbonyl (C=O) groups excluding carboxylic acids is 1. The van der Waals surface area contributed by atoms with Crippen molar-refractivity contribution < 1.29 is 4.79 Å². The Labute approximate surface area is 72.9 Å². The van der Waals surface area contributed by atoms with E-state index in [4.69, 9.17) is 0 Å². The first-order valence-corrected chi connectivity index (χ1v) is 5.18. The van der Waals surface area contributed by atoms with Gasteiger partial charge in [0.1, 0.15) is 0 Å². The van der Waals surface area contributed by atoms with Crippen molar-refractivity contribution in [1.82, 2.24) is 0 Å². The van der Waals surface area contributed by atoms with Crippen molar-refractivity contribution in [3.8, 4) is 0 Å². The van der Waals surface area contributed by atoms with Crippen LogP contribution in [0, 0.1) is 5.92 Å². The van der Waals surface area contributed by atoms with Crippen molar-refractivity contribution in [1.29, 1.82) is 0 Å². The summed E-state index contributed by atoms with van der Waals surface area (Å²) in [6, 6.07) is 0. The van der Waals surface area contributed by atoms with Gasteiger partial charge in [0.2, 0.25) is 0 Å². The minimum Gasteiger partial charge on any atom is -0.287 e. The Morgan fingerprint density at radius 1 is 1.55 bits per heavy atom. The van der Waals surface area contributed by atoms with Gasteiger partial charge in [-0.15, -0.1) is 0 Å². The summed E-state index contributed by atoms with van der Waals surface area (Å²) < 4.78 is 0.288. The number of hydrogen-bond donors (Lipinski definition) is 0. The fourth-order valence-electron chi connectivity index (χ4n) is 1.68. The van der Waals surface area contributed by atoms with Gasteiger partial charge in [0, 0.05) is 10.7 Å². The van der Waals surface area contributed by atoms with Gasteiger partial charge < -0.3 is 0 Å². The minimum atomic E-state index is 0.288. The standard InChI is InChI=1S/C9H16OS/c1-4-9(5-2)6-7(3)8(10)11-9/h7H,4-6H2,1-3H3. The Kier molecular flexibility index (Phi) is 2.63. The van der Waals surface area contributed by atoms with Crippen molar-refractivity contribution in [2.45, 2.75) is 44.8 Å². The third kappa shape index (κ3) is 1.61. The fraction of sp³-hybridized carbons (Fsp3) is 0.889. The maximum atomic E-state index is 11.3. The van der Waals surface area contributed by atoms with Gasteiger partial charge in [-0.1, -0.05) is 32.5 Å². The SMILES string of the molecule is CCC1(CC)CC(C)C(=O)S1. The lowest BCUT2D eigenvalue weighted by molar-refractivity contribution is -0.113. The molecule has 1 aliphatic heterocycles. The van der Waals surface area contributed by atoms with Gasteiger partial charge in [-0.2, -0.15) is 0 Å². The van der Waals surface area contributed by atoms with Crippen molar-refractivity contribution in [3.63, 3.8) is 0 Å². The van der Waals surface area contributed by atoms with Gasteiger partial charge in [-0.25, -0.2) is 0 Å². The molecule has 0 aromatic carbocycles. The van der Waals surface area contributed by atoms with E-state index >= 15 is 0 Å². The first kappa shape index (κ1) is 9.11. The Balaban J connectivity index is 2.68. The molecule has 11 heavy (non-hydrogen) atoms. The van der Waals surface area contributed by atoms with Crippen LogP contribution in [0.5, 0.6) is 0 Å². The van der Waals surface area contributed by atoms with E-state index in [0.29, 0.717) is 11.0 Å². The van der Waals surface area contributed by atoms with Crippen molar-refractivity contribution in [2.75, 3.05) is 0 Å². The highest BCUT2D eigenvalue weighted by molar-refractivity contribution is 8.15. The van der Waals surface area contributed by atoms with Crippen LogP contribution < -0.4 is 0 Å². The van der Waals surface area contributed by atoms with Crippen LogP contribution in [0.3, 0.4) is 0 Å². The molecule has 1 saturated heterocycles. The molecule has 1 unspecified atom stereocenters. The van der Waals surface area contributed by atoms with Crippen LogP contribution in [-0.4, -0.2) is 9.86 Å². The maximum absolute atomic E-state index is 11.3. The summed E-state index contributed by atoms with van der Waals surface area (Å²) in [6.07, 6.45) is 3.35. The molecule has 1 atom stereocenters. The molecule has 1 aliphatic rings. The third-order valence-electron chi connectivity index (χ3n) is 2.69. The third-order valence-corrected chi connectivity index (χ3v) is 4.47. The Morgan fingerprint density at radius 2 is 2.09 bits per heavy atom. The summed E-state index contributed by atoms with van der Waals surface area (Å²) in [5.41, 5.74) is 0. The first-order valence-electron chi connectivity index (χ1n) is 4.36. The van der Waals surface area contributed by atoms with E-state index < -0.39 is 0 Å². The summed E-state index contributed by atoms with van der Waals surface area (Å²) in [5, 5.41) is 0.397. The van der Waals surface area contributed by atoms with E-state index in [2.05, 4.69) is 13.8 Å². The maximum Gasteiger partial charge on any atom is 0.192 e. The number of thioether (sulfide) groups is 1. The van der Waals surface area contributed by atoms with E-state index in [1.54, 1.807) is 11.8 Å². The second kappa shape index (κ2) is 3.18. The van der Waals surface area contributed by atoms with E-state index in [9.17, 15) is 4.79 Å². The predicted octanol–water partition coefficient (Wildman–Crippen LogP) is 2.84. The molecule has 1 nitrogen and oxygen atoms in total. The van der Waals surface area contributed by atoms with Crippen molar-refractivity contribution in [2.24, 2.45) is 5.92 Å². The van der Waals surface area contributed by atoms with Crippen LogP contribution in [0.1, 0.15) is 40.0 Å². The Bertz CT molecular complexity index is 161. The highest BCUT2D eigenvalue weighted by atomic mass is 32.2. The highest BCUT2D eigenvalue weighted by Gasteiger charge is 2.40. The topological polar surface area (TPSA) is 17.1 Å². The van der Waals surface area contributed by atoms with Gasteiger partial charge >= 0.3 is 0 Å². The number of carbonyl (C=O) groups is 1. The quantitative estimate of drug-likeness (QED) is 0.637. The van der Waals surface area contributed by atoms with Crippen LogP contribution >= 0.6 is 11.8 Å². The molecule has 0 amide bonds. The van der Waals surface area contributed by atoms with E-state index in [1.165, 1.54) is 0 Å². The van der Waals surface area contributed by atoms with Gasteiger partial charge in [0.25, 0.3) is 0 Å². The van der Waals surface area contributed by atoms with E-state index in [1.807, 2.05) is 6.92 Å². The minimum absolute atomic E-state index is 0.288. The molecule has 0 aromatic rings. The number of hydrogen-bond acceptors (Lipinski definition) is 2. The molecular formula is C9H16OS. The molecule has 1 rings (SSSR count). The molecule has 0 aliphatic carbocycles. The second-order valence-corrected chi connectivity index (χ2v) is 4.89. The molecule has 0 saturated carbocycles. The molecule has 0 spiro atoms. The van der Waals surface area contributed by atoms with Gasteiger partial charge in [-0.05, 0) is 19.3 Å². The smallest absolute Gasteiger partial charge is 0.192 e. The summed E-state index contributed by atoms with van der Waals surface area (Å²) in [6.45, 7) is 6.41. The lowest BCUT2D eigenvalue weighted by Crippen LogP contribution is -2.18. The Hall–Kier alpha value is 0.0200. The second-order valence-electron chi connectivity index (χ2n) is 3.42.